The number of hydrogen-bond donors (Lipinski definition) is 2. The number of nitrogens with zero attached hydrogens (tertiary/aromatic N) is 1. The highest BCUT2D eigenvalue weighted by Gasteiger charge is 2.40. The number of urea groups is 1. The van der Waals surface area contributed by atoms with E-state index < -0.39 is 12.1 Å². The average Bonchev–Trinajstić information content (AvgIpc) is 2.99. The van der Waals surface area contributed by atoms with Gasteiger partial charge in [0, 0.05) is 18.0 Å². The molecule has 1 heterocycles. The smallest absolute Gasteiger partial charge is 0.325 e. The van der Waals surface area contributed by atoms with Gasteiger partial charge in [0.1, 0.15) is 6.04 Å². The van der Waals surface area contributed by atoms with E-state index in [1.54, 1.807) is 6.07 Å². The fourth-order valence-corrected chi connectivity index (χ4v) is 3.39. The maximum atomic E-state index is 12.7. The van der Waals surface area contributed by atoms with Gasteiger partial charge in [-0.05, 0) is 30.5 Å². The Balaban J connectivity index is 1.52. The van der Waals surface area contributed by atoms with Gasteiger partial charge in [0.2, 0.25) is 5.91 Å². The third-order valence-corrected chi connectivity index (χ3v) is 5.18. The molecule has 6 nitrogen and oxygen atoms in total. The Hall–Kier alpha value is -2.86. The highest BCUT2D eigenvalue weighted by molar-refractivity contribution is 6.31. The summed E-state index contributed by atoms with van der Waals surface area (Å²) in [6, 6.07) is 15.2. The van der Waals surface area contributed by atoms with E-state index in [2.05, 4.69) is 10.6 Å². The van der Waals surface area contributed by atoms with Crippen LogP contribution in [0.3, 0.4) is 0 Å². The number of imide groups is 1. The molecule has 0 bridgehead atoms. The Morgan fingerprint density at radius 3 is 2.54 bits per heavy atom. The molecule has 0 saturated carbocycles. The minimum Gasteiger partial charge on any atom is -0.352 e. The normalized spacial score (nSPS) is 17.4. The summed E-state index contributed by atoms with van der Waals surface area (Å²) in [4.78, 5) is 38.3. The number of amides is 4. The molecule has 2 aromatic carbocycles. The van der Waals surface area contributed by atoms with E-state index in [1.165, 1.54) is 4.90 Å². The summed E-state index contributed by atoms with van der Waals surface area (Å²) in [5.74, 6) is -0.503. The Morgan fingerprint density at radius 1 is 1.14 bits per heavy atom. The molecule has 2 atom stereocenters. The lowest BCUT2D eigenvalue weighted by molar-refractivity contribution is -0.129. The van der Waals surface area contributed by atoms with Gasteiger partial charge in [-0.2, -0.15) is 0 Å². The number of benzene rings is 2. The minimum atomic E-state index is -0.690. The molecule has 0 radical (unpaired) electrons. The predicted molar refractivity (Wildman–Crippen MR) is 107 cm³/mol. The van der Waals surface area contributed by atoms with E-state index in [9.17, 15) is 14.4 Å². The summed E-state index contributed by atoms with van der Waals surface area (Å²) in [6.07, 6.45) is 0.381. The summed E-state index contributed by atoms with van der Waals surface area (Å²) in [7, 11) is 0. The van der Waals surface area contributed by atoms with Crippen molar-refractivity contribution in [2.75, 3.05) is 0 Å². The molecule has 1 fully saturated rings. The van der Waals surface area contributed by atoms with Gasteiger partial charge in [0.05, 0.1) is 6.04 Å². The number of rotatable bonds is 7. The molecule has 7 heteroatoms. The van der Waals surface area contributed by atoms with Crippen molar-refractivity contribution >= 4 is 29.4 Å². The maximum absolute atomic E-state index is 12.7. The third-order valence-electron chi connectivity index (χ3n) is 4.82. The van der Waals surface area contributed by atoms with Crippen LogP contribution in [0.25, 0.3) is 0 Å². The van der Waals surface area contributed by atoms with E-state index >= 15 is 0 Å². The van der Waals surface area contributed by atoms with Crippen molar-refractivity contribution in [1.82, 2.24) is 15.5 Å². The van der Waals surface area contributed by atoms with E-state index in [-0.39, 0.29) is 30.7 Å². The second kappa shape index (κ2) is 8.89. The maximum Gasteiger partial charge on any atom is 0.325 e. The second-order valence-electron chi connectivity index (χ2n) is 6.70. The standard InChI is InChI=1S/C21H22ClN3O3/c1-14(15-7-3-2-4-8-15)25-20(27)18(24-21(25)28)11-12-19(26)23-13-16-9-5-6-10-17(16)22/h2-10,14,18H,11-13H2,1H3,(H,23,26)(H,24,28)/t14-,18+/m1/s1. The van der Waals surface area contributed by atoms with E-state index in [0.717, 1.165) is 11.1 Å². The highest BCUT2D eigenvalue weighted by Crippen LogP contribution is 2.25. The highest BCUT2D eigenvalue weighted by atomic mass is 35.5. The summed E-state index contributed by atoms with van der Waals surface area (Å²) >= 11 is 6.07. The topological polar surface area (TPSA) is 78.5 Å². The molecule has 2 N–H and O–H groups in total. The van der Waals surface area contributed by atoms with Crippen molar-refractivity contribution in [3.8, 4) is 0 Å². The predicted octanol–water partition coefficient (Wildman–Crippen LogP) is 3.42. The first-order valence-corrected chi connectivity index (χ1v) is 9.54. The molecule has 0 unspecified atom stereocenters. The number of nitrogens with one attached hydrogen (secondary N) is 2. The van der Waals surface area contributed by atoms with Gasteiger partial charge in [-0.1, -0.05) is 60.1 Å². The molecule has 4 amide bonds. The quantitative estimate of drug-likeness (QED) is 0.700. The molecule has 1 aliphatic rings. The number of hydrogen-bond acceptors (Lipinski definition) is 3. The first kappa shape index (κ1) is 19.9. The van der Waals surface area contributed by atoms with Crippen LogP contribution in [0.4, 0.5) is 4.79 Å². The van der Waals surface area contributed by atoms with Gasteiger partial charge in [-0.3, -0.25) is 14.5 Å². The first-order chi connectivity index (χ1) is 13.5. The molecular formula is C21H22ClN3O3. The second-order valence-corrected chi connectivity index (χ2v) is 7.11. The van der Waals surface area contributed by atoms with Crippen LogP contribution >= 0.6 is 11.6 Å². The van der Waals surface area contributed by atoms with Crippen molar-refractivity contribution in [3.05, 3.63) is 70.7 Å². The molecule has 1 saturated heterocycles. The van der Waals surface area contributed by atoms with Gasteiger partial charge in [-0.25, -0.2) is 4.79 Å². The Kier molecular flexibility index (Phi) is 6.31. The van der Waals surface area contributed by atoms with Gasteiger partial charge in [0.25, 0.3) is 5.91 Å². The van der Waals surface area contributed by atoms with Crippen LogP contribution in [0.5, 0.6) is 0 Å². The van der Waals surface area contributed by atoms with Crippen LogP contribution < -0.4 is 10.6 Å². The Bertz CT molecular complexity index is 872. The SMILES string of the molecule is C[C@H](c1ccccc1)N1C(=O)N[C@@H](CCC(=O)NCc2ccccc2Cl)C1=O. The first-order valence-electron chi connectivity index (χ1n) is 9.16. The monoisotopic (exact) mass is 399 g/mol. The zero-order chi connectivity index (χ0) is 20.1. The van der Waals surface area contributed by atoms with Gasteiger partial charge in [-0.15, -0.1) is 0 Å². The molecule has 0 aromatic heterocycles. The molecule has 1 aliphatic heterocycles. The zero-order valence-corrected chi connectivity index (χ0v) is 16.3. The van der Waals surface area contributed by atoms with Crippen LogP contribution in [-0.4, -0.2) is 28.8 Å². The van der Waals surface area contributed by atoms with Crippen LogP contribution in [0.1, 0.15) is 36.9 Å². The van der Waals surface area contributed by atoms with Crippen molar-refractivity contribution in [2.24, 2.45) is 0 Å². The van der Waals surface area contributed by atoms with E-state index in [1.807, 2.05) is 55.5 Å². The molecular weight excluding hydrogens is 378 g/mol. The molecule has 0 spiro atoms. The Labute approximate surface area is 168 Å². The number of halogens is 1. The van der Waals surface area contributed by atoms with Crippen LogP contribution in [0.2, 0.25) is 5.02 Å². The summed E-state index contributed by atoms with van der Waals surface area (Å²) in [5, 5.41) is 6.06. The van der Waals surface area contributed by atoms with Crippen molar-refractivity contribution in [3.63, 3.8) is 0 Å². The number of carbonyl (C=O) groups excluding carboxylic acids is 3. The van der Waals surface area contributed by atoms with Crippen LogP contribution in [-0.2, 0) is 16.1 Å². The molecule has 2 aromatic rings. The Morgan fingerprint density at radius 2 is 1.82 bits per heavy atom. The lowest BCUT2D eigenvalue weighted by atomic mass is 10.1. The molecule has 146 valence electrons. The molecule has 0 aliphatic carbocycles. The average molecular weight is 400 g/mol. The van der Waals surface area contributed by atoms with E-state index in [4.69, 9.17) is 11.6 Å². The fourth-order valence-electron chi connectivity index (χ4n) is 3.19. The lowest BCUT2D eigenvalue weighted by Gasteiger charge is -2.21. The molecule has 28 heavy (non-hydrogen) atoms. The van der Waals surface area contributed by atoms with Gasteiger partial charge in [0.15, 0.2) is 0 Å². The largest absolute Gasteiger partial charge is 0.352 e. The van der Waals surface area contributed by atoms with E-state index in [0.29, 0.717) is 11.6 Å². The lowest BCUT2D eigenvalue weighted by Crippen LogP contribution is -2.34. The molecule has 3 rings (SSSR count). The summed E-state index contributed by atoms with van der Waals surface area (Å²) in [5.41, 5.74) is 1.70. The number of carbonyl (C=O) groups is 3. The van der Waals surface area contributed by atoms with Crippen LogP contribution in [0, 0.1) is 0 Å². The fraction of sp³-hybridized carbons (Fsp3) is 0.286. The van der Waals surface area contributed by atoms with Crippen molar-refractivity contribution < 1.29 is 14.4 Å². The van der Waals surface area contributed by atoms with Crippen LogP contribution in [0.15, 0.2) is 54.6 Å². The van der Waals surface area contributed by atoms with Crippen molar-refractivity contribution in [2.45, 2.75) is 38.4 Å². The summed E-state index contributed by atoms with van der Waals surface area (Å²) < 4.78 is 0. The zero-order valence-electron chi connectivity index (χ0n) is 15.5. The third kappa shape index (κ3) is 4.51. The van der Waals surface area contributed by atoms with Gasteiger partial charge < -0.3 is 10.6 Å². The minimum absolute atomic E-state index is 0.134. The van der Waals surface area contributed by atoms with Gasteiger partial charge >= 0.3 is 6.03 Å². The summed E-state index contributed by atoms with van der Waals surface area (Å²) in [6.45, 7) is 2.13. The van der Waals surface area contributed by atoms with Crippen molar-refractivity contribution in [1.29, 1.82) is 0 Å².